The van der Waals surface area contributed by atoms with E-state index in [0.29, 0.717) is 0 Å². The average molecular weight is 483 g/mol. The Morgan fingerprint density at radius 2 is 1.94 bits per heavy atom. The van der Waals surface area contributed by atoms with E-state index >= 15 is 0 Å². The smallest absolute Gasteiger partial charge is 0.477 e. The number of carbonyl (C=O) groups is 4. The number of hydrogen-bond acceptors (Lipinski definition) is 7. The molecule has 9 nitrogen and oxygen atoms in total. The molecule has 2 amide bonds. The molecule has 0 unspecified atom stereocenters. The molecule has 4 rings (SSSR count). The quantitative estimate of drug-likeness (QED) is 0.285. The molecule has 174 valence electrons. The number of β-lactam (4-membered cyclic amide) rings is 1. The first-order valence-corrected chi connectivity index (χ1v) is 10.6. The summed E-state index contributed by atoms with van der Waals surface area (Å²) in [4.78, 5) is 50.4. The van der Waals surface area contributed by atoms with Crippen LogP contribution in [0.25, 0.3) is 0 Å². The summed E-state index contributed by atoms with van der Waals surface area (Å²) in [7, 11) is 0. The van der Waals surface area contributed by atoms with Crippen molar-refractivity contribution in [2.45, 2.75) is 24.0 Å². The van der Waals surface area contributed by atoms with Gasteiger partial charge in [-0.25, -0.2) is 9.59 Å². The topological polar surface area (TPSA) is 130 Å². The van der Waals surface area contributed by atoms with Crippen LogP contribution in [0.3, 0.4) is 0 Å². The van der Waals surface area contributed by atoms with Crippen LogP contribution in [0.2, 0.25) is 0 Å². The summed E-state index contributed by atoms with van der Waals surface area (Å²) < 4.78 is 42.3. The zero-order valence-electron chi connectivity index (χ0n) is 16.7. The predicted molar refractivity (Wildman–Crippen MR) is 109 cm³/mol. The van der Waals surface area contributed by atoms with Crippen LogP contribution in [0.5, 0.6) is 5.75 Å². The first-order chi connectivity index (χ1) is 15.5. The Labute approximate surface area is 188 Å². The van der Waals surface area contributed by atoms with Gasteiger partial charge >= 0.3 is 18.1 Å². The highest BCUT2D eigenvalue weighted by molar-refractivity contribution is 8.00. The largest absolute Gasteiger partial charge is 0.491 e. The molecule has 0 aromatic heterocycles. The number of allylic oxidation sites excluding steroid dienone is 1. The number of anilines is 1. The highest BCUT2D eigenvalue weighted by Crippen LogP contribution is 2.41. The number of amides is 2. The Balaban J connectivity index is 1.62. The van der Waals surface area contributed by atoms with Gasteiger partial charge in [-0.05, 0) is 30.2 Å². The van der Waals surface area contributed by atoms with Crippen LogP contribution in [0.15, 0.2) is 47.2 Å². The SMILES string of the molecule is N[C@@H]1C(=O)N2C(C(=O)O)=C(/C=C3\CCN(c4ccccc4OC(=O)C(F)(F)F)C3=O)CS[C@H]12. The van der Waals surface area contributed by atoms with Crippen LogP contribution >= 0.6 is 11.8 Å². The van der Waals surface area contributed by atoms with Gasteiger partial charge in [0, 0.05) is 17.9 Å². The van der Waals surface area contributed by atoms with E-state index in [0.717, 1.165) is 15.9 Å². The van der Waals surface area contributed by atoms with Gasteiger partial charge in [0.1, 0.15) is 17.1 Å². The van der Waals surface area contributed by atoms with Gasteiger partial charge in [-0.3, -0.25) is 14.5 Å². The van der Waals surface area contributed by atoms with Crippen LogP contribution in [-0.2, 0) is 19.2 Å². The first-order valence-electron chi connectivity index (χ1n) is 9.58. The Morgan fingerprint density at radius 3 is 2.61 bits per heavy atom. The fraction of sp³-hybridized carbons (Fsp3) is 0.300. The Kier molecular flexibility index (Phi) is 5.70. The lowest BCUT2D eigenvalue weighted by molar-refractivity contribution is -0.189. The monoisotopic (exact) mass is 483 g/mol. The molecule has 0 radical (unpaired) electrons. The van der Waals surface area contributed by atoms with Gasteiger partial charge in [-0.2, -0.15) is 13.2 Å². The molecule has 0 spiro atoms. The number of carboxylic acids is 1. The van der Waals surface area contributed by atoms with E-state index in [4.69, 9.17) is 5.73 Å². The van der Waals surface area contributed by atoms with E-state index in [-0.39, 0.29) is 41.2 Å². The number of fused-ring (bicyclic) bond motifs is 1. The molecule has 3 aliphatic heterocycles. The Bertz CT molecular complexity index is 1130. The van der Waals surface area contributed by atoms with E-state index in [2.05, 4.69) is 4.74 Å². The highest BCUT2D eigenvalue weighted by atomic mass is 32.2. The number of ether oxygens (including phenoxy) is 1. The summed E-state index contributed by atoms with van der Waals surface area (Å²) in [6.45, 7) is 0.0736. The van der Waals surface area contributed by atoms with Gasteiger partial charge in [0.15, 0.2) is 5.75 Å². The number of aliphatic carboxylic acids is 1. The number of carbonyl (C=O) groups excluding carboxylic acids is 3. The number of halogens is 3. The average Bonchev–Trinajstić information content (AvgIpc) is 3.12. The molecule has 0 aliphatic carbocycles. The van der Waals surface area contributed by atoms with Gasteiger partial charge in [-0.1, -0.05) is 12.1 Å². The summed E-state index contributed by atoms with van der Waals surface area (Å²) in [6.07, 6.45) is -3.66. The lowest BCUT2D eigenvalue weighted by Crippen LogP contribution is -2.68. The van der Waals surface area contributed by atoms with Crippen molar-refractivity contribution < 1.29 is 42.2 Å². The van der Waals surface area contributed by atoms with Gasteiger partial charge < -0.3 is 20.5 Å². The lowest BCUT2D eigenvalue weighted by Gasteiger charge is -2.47. The molecular weight excluding hydrogens is 467 g/mol. The number of nitrogens with zero attached hydrogens (tertiary/aromatic N) is 2. The molecule has 13 heteroatoms. The molecule has 3 heterocycles. The van der Waals surface area contributed by atoms with Gasteiger partial charge in [-0.15, -0.1) is 11.8 Å². The van der Waals surface area contributed by atoms with Crippen molar-refractivity contribution in [3.05, 3.63) is 47.2 Å². The summed E-state index contributed by atoms with van der Waals surface area (Å²) in [5.74, 6) is -5.09. The molecule has 1 aromatic carbocycles. The molecule has 2 saturated heterocycles. The Hall–Kier alpha value is -3.32. The second kappa shape index (κ2) is 8.23. The number of para-hydroxylation sites is 2. The Morgan fingerprint density at radius 1 is 1.24 bits per heavy atom. The molecule has 33 heavy (non-hydrogen) atoms. The fourth-order valence-electron chi connectivity index (χ4n) is 3.76. The van der Waals surface area contributed by atoms with Gasteiger partial charge in [0.25, 0.3) is 5.91 Å². The number of esters is 1. The van der Waals surface area contributed by atoms with Crippen LogP contribution in [-0.4, -0.2) is 63.6 Å². The molecule has 0 saturated carbocycles. The molecule has 2 atom stereocenters. The van der Waals surface area contributed by atoms with Crippen molar-refractivity contribution in [2.75, 3.05) is 17.2 Å². The van der Waals surface area contributed by atoms with Crippen molar-refractivity contribution in [2.24, 2.45) is 5.73 Å². The molecule has 0 bridgehead atoms. The van der Waals surface area contributed by atoms with E-state index in [1.54, 1.807) is 0 Å². The molecular formula is C20H16F3N3O6S. The van der Waals surface area contributed by atoms with Crippen molar-refractivity contribution >= 4 is 41.2 Å². The molecule has 3 N–H and O–H groups in total. The number of carboxylic acid groups (broad SMARTS) is 1. The minimum absolute atomic E-state index is 0.0297. The molecule has 1 aromatic rings. The number of alkyl halides is 3. The minimum Gasteiger partial charge on any atom is -0.477 e. The van der Waals surface area contributed by atoms with E-state index < -0.39 is 47.1 Å². The lowest BCUT2D eigenvalue weighted by atomic mass is 10.0. The van der Waals surface area contributed by atoms with E-state index in [1.807, 2.05) is 0 Å². The van der Waals surface area contributed by atoms with Crippen LogP contribution in [0.1, 0.15) is 6.42 Å². The zero-order chi connectivity index (χ0) is 24.1. The third-order valence-electron chi connectivity index (χ3n) is 5.30. The second-order valence-electron chi connectivity index (χ2n) is 7.35. The number of hydrogen-bond donors (Lipinski definition) is 2. The maximum Gasteiger partial charge on any atom is 0.491 e. The number of nitrogens with two attached hydrogens (primary N) is 1. The molecule has 3 aliphatic rings. The summed E-state index contributed by atoms with van der Waals surface area (Å²) in [6, 6.07) is 4.50. The van der Waals surface area contributed by atoms with E-state index in [9.17, 15) is 37.5 Å². The number of benzene rings is 1. The summed E-state index contributed by atoms with van der Waals surface area (Å²) >= 11 is 1.27. The van der Waals surface area contributed by atoms with Crippen molar-refractivity contribution in [3.63, 3.8) is 0 Å². The van der Waals surface area contributed by atoms with Gasteiger partial charge in [0.05, 0.1) is 5.69 Å². The van der Waals surface area contributed by atoms with Crippen LogP contribution in [0.4, 0.5) is 18.9 Å². The summed E-state index contributed by atoms with van der Waals surface area (Å²) in [5, 5.41) is 9.13. The number of thioether (sulfide) groups is 1. The third kappa shape index (κ3) is 3.97. The zero-order valence-corrected chi connectivity index (χ0v) is 17.5. The van der Waals surface area contributed by atoms with Crippen molar-refractivity contribution in [1.82, 2.24) is 4.90 Å². The fourth-order valence-corrected chi connectivity index (χ4v) is 5.02. The number of rotatable bonds is 4. The summed E-state index contributed by atoms with van der Waals surface area (Å²) in [5.41, 5.74) is 5.90. The predicted octanol–water partition coefficient (Wildman–Crippen LogP) is 1.40. The first kappa shape index (κ1) is 22.9. The second-order valence-corrected chi connectivity index (χ2v) is 8.45. The van der Waals surface area contributed by atoms with Crippen LogP contribution < -0.4 is 15.4 Å². The standard InChI is InChI=1S/C20H16F3N3O6S/c21-20(22,23)19(31)32-12-4-2-1-3-11(12)25-6-5-9(15(25)27)7-10-8-33-17-13(24)16(28)26(17)14(10)18(29)30/h1-4,7,13,17H,5-6,8,24H2,(H,29,30)/b9-7+/t13-,17-/m1/s1. The highest BCUT2D eigenvalue weighted by Gasteiger charge is 2.51. The van der Waals surface area contributed by atoms with Gasteiger partial charge in [0.2, 0.25) is 5.91 Å². The molecule has 2 fully saturated rings. The van der Waals surface area contributed by atoms with Crippen LogP contribution in [0, 0.1) is 0 Å². The maximum atomic E-state index is 13.0. The minimum atomic E-state index is -5.21. The normalized spacial score (nSPS) is 24.2. The van der Waals surface area contributed by atoms with Crippen molar-refractivity contribution in [3.8, 4) is 5.75 Å². The maximum absolute atomic E-state index is 13.0. The van der Waals surface area contributed by atoms with Crippen molar-refractivity contribution in [1.29, 1.82) is 0 Å². The van der Waals surface area contributed by atoms with E-state index in [1.165, 1.54) is 36.0 Å². The third-order valence-corrected chi connectivity index (χ3v) is 6.63.